The number of carboxylic acid groups (broad SMARTS) is 1. The van der Waals surface area contributed by atoms with Gasteiger partial charge in [-0.2, -0.15) is 18.2 Å². The Bertz CT molecular complexity index is 998. The fourth-order valence-corrected chi connectivity index (χ4v) is 2.21. The molecule has 0 atom stereocenters. The summed E-state index contributed by atoms with van der Waals surface area (Å²) in [4.78, 5) is 14.8. The highest BCUT2D eigenvalue weighted by Crippen LogP contribution is 2.36. The summed E-state index contributed by atoms with van der Waals surface area (Å²) >= 11 is 0. The maximum atomic E-state index is 14.1. The van der Waals surface area contributed by atoms with Crippen molar-refractivity contribution in [1.29, 1.82) is 0 Å². The molecule has 1 aromatic heterocycles. The van der Waals surface area contributed by atoms with Gasteiger partial charge in [-0.15, -0.1) is 0 Å². The number of aromatic nitrogens is 2. The van der Waals surface area contributed by atoms with Crippen molar-refractivity contribution in [3.8, 4) is 28.6 Å². The minimum absolute atomic E-state index is 0.132. The monoisotopic (exact) mass is 368 g/mol. The first-order valence-electron chi connectivity index (χ1n) is 6.95. The number of carboxylic acids is 1. The molecule has 3 aromatic rings. The van der Waals surface area contributed by atoms with E-state index in [0.29, 0.717) is 6.07 Å². The Kier molecular flexibility index (Phi) is 4.10. The van der Waals surface area contributed by atoms with Gasteiger partial charge in [-0.25, -0.2) is 9.18 Å². The molecule has 1 heterocycles. The number of aromatic carboxylic acids is 1. The largest absolute Gasteiger partial charge is 0.507 e. The number of alkyl halides is 3. The molecule has 6 nitrogen and oxygen atoms in total. The highest BCUT2D eigenvalue weighted by Gasteiger charge is 2.35. The molecule has 134 valence electrons. The molecule has 10 heteroatoms. The molecule has 0 saturated heterocycles. The van der Waals surface area contributed by atoms with E-state index < -0.39 is 35.0 Å². The Balaban J connectivity index is 2.08. The van der Waals surface area contributed by atoms with E-state index in [1.54, 1.807) is 0 Å². The van der Waals surface area contributed by atoms with Crippen LogP contribution in [0.5, 0.6) is 5.75 Å². The van der Waals surface area contributed by atoms with E-state index in [1.807, 2.05) is 0 Å². The molecular weight excluding hydrogens is 360 g/mol. The Labute approximate surface area is 142 Å². The lowest BCUT2D eigenvalue weighted by molar-refractivity contribution is -0.139. The molecule has 0 fully saturated rings. The van der Waals surface area contributed by atoms with Crippen LogP contribution in [0.15, 0.2) is 40.9 Å². The Morgan fingerprint density at radius 2 is 1.85 bits per heavy atom. The van der Waals surface area contributed by atoms with Crippen LogP contribution in [0.1, 0.15) is 15.9 Å². The molecule has 0 amide bonds. The van der Waals surface area contributed by atoms with Gasteiger partial charge >= 0.3 is 12.1 Å². The minimum Gasteiger partial charge on any atom is -0.507 e. The number of carbonyl (C=O) groups is 1. The molecule has 0 unspecified atom stereocenters. The van der Waals surface area contributed by atoms with E-state index in [9.17, 15) is 27.5 Å². The molecule has 0 saturated carbocycles. The number of halogens is 4. The van der Waals surface area contributed by atoms with Crippen LogP contribution in [0.4, 0.5) is 17.6 Å². The third-order valence-electron chi connectivity index (χ3n) is 3.44. The van der Waals surface area contributed by atoms with Gasteiger partial charge in [0.2, 0.25) is 5.82 Å². The van der Waals surface area contributed by atoms with Crippen molar-refractivity contribution in [3.05, 3.63) is 53.3 Å². The second-order valence-corrected chi connectivity index (χ2v) is 5.13. The van der Waals surface area contributed by atoms with Gasteiger partial charge in [0, 0.05) is 0 Å². The summed E-state index contributed by atoms with van der Waals surface area (Å²) in [5, 5.41) is 22.3. The molecule has 0 spiro atoms. The average Bonchev–Trinajstić information content (AvgIpc) is 3.03. The van der Waals surface area contributed by atoms with Crippen LogP contribution in [-0.4, -0.2) is 26.3 Å². The lowest BCUT2D eigenvalue weighted by atomic mass is 10.1. The zero-order chi connectivity index (χ0) is 19.1. The SMILES string of the molecule is O=C(O)c1ccc(O)c(-c2noc(-c3cccc(C(F)(F)F)c3F)n2)c1. The molecule has 2 N–H and O–H groups in total. The van der Waals surface area contributed by atoms with Gasteiger partial charge in [-0.05, 0) is 30.3 Å². The van der Waals surface area contributed by atoms with Crippen molar-refractivity contribution in [2.24, 2.45) is 0 Å². The van der Waals surface area contributed by atoms with Crippen molar-refractivity contribution in [3.63, 3.8) is 0 Å². The van der Waals surface area contributed by atoms with Gasteiger partial charge in [-0.1, -0.05) is 11.2 Å². The average molecular weight is 368 g/mol. The van der Waals surface area contributed by atoms with Gasteiger partial charge in [0.15, 0.2) is 0 Å². The number of phenolic OH excluding ortho intramolecular Hbond substituents is 1. The molecule has 0 aliphatic heterocycles. The van der Waals surface area contributed by atoms with Crippen LogP contribution in [0.2, 0.25) is 0 Å². The summed E-state index contributed by atoms with van der Waals surface area (Å²) in [6.45, 7) is 0. The minimum atomic E-state index is -4.91. The van der Waals surface area contributed by atoms with E-state index in [-0.39, 0.29) is 22.7 Å². The smallest absolute Gasteiger partial charge is 0.419 e. The zero-order valence-corrected chi connectivity index (χ0v) is 12.6. The molecule has 2 aromatic carbocycles. The van der Waals surface area contributed by atoms with Gasteiger partial charge in [0.25, 0.3) is 5.89 Å². The Morgan fingerprint density at radius 3 is 2.50 bits per heavy atom. The zero-order valence-electron chi connectivity index (χ0n) is 12.6. The van der Waals surface area contributed by atoms with E-state index in [1.165, 1.54) is 0 Å². The number of rotatable bonds is 3. The maximum absolute atomic E-state index is 14.1. The quantitative estimate of drug-likeness (QED) is 0.679. The first-order valence-corrected chi connectivity index (χ1v) is 6.95. The second-order valence-electron chi connectivity index (χ2n) is 5.13. The third-order valence-corrected chi connectivity index (χ3v) is 3.44. The van der Waals surface area contributed by atoms with E-state index in [4.69, 9.17) is 9.63 Å². The summed E-state index contributed by atoms with van der Waals surface area (Å²) < 4.78 is 57.3. The van der Waals surface area contributed by atoms with E-state index in [0.717, 1.165) is 30.3 Å². The summed E-state index contributed by atoms with van der Waals surface area (Å²) in [6, 6.07) is 5.84. The van der Waals surface area contributed by atoms with Crippen LogP contribution < -0.4 is 0 Å². The molecule has 3 rings (SSSR count). The van der Waals surface area contributed by atoms with Gasteiger partial charge in [0.1, 0.15) is 11.6 Å². The summed E-state index contributed by atoms with van der Waals surface area (Å²) in [7, 11) is 0. The first-order chi connectivity index (χ1) is 12.2. The number of nitrogens with zero attached hydrogens (tertiary/aromatic N) is 2. The number of benzene rings is 2. The van der Waals surface area contributed by atoms with Crippen molar-refractivity contribution >= 4 is 5.97 Å². The van der Waals surface area contributed by atoms with Gasteiger partial charge < -0.3 is 14.7 Å². The standard InChI is InChI=1S/C16H8F4N2O4/c17-12-8(2-1-3-10(12)16(18,19)20)14-21-13(22-26-14)9-6-7(15(24)25)4-5-11(9)23/h1-6,23H,(H,24,25). The van der Waals surface area contributed by atoms with Crippen LogP contribution >= 0.6 is 0 Å². The molecule has 0 aliphatic carbocycles. The molecule has 0 aliphatic rings. The fourth-order valence-electron chi connectivity index (χ4n) is 2.21. The van der Waals surface area contributed by atoms with Crippen molar-refractivity contribution in [2.75, 3.05) is 0 Å². The summed E-state index contributed by atoms with van der Waals surface area (Å²) in [6.07, 6.45) is -4.91. The molecule has 0 bridgehead atoms. The fraction of sp³-hybridized carbons (Fsp3) is 0.0625. The van der Waals surface area contributed by atoms with Crippen LogP contribution in [-0.2, 0) is 6.18 Å². The van der Waals surface area contributed by atoms with Crippen LogP contribution in [0, 0.1) is 5.82 Å². The number of phenols is 1. The van der Waals surface area contributed by atoms with E-state index in [2.05, 4.69) is 10.1 Å². The molecular formula is C16H8F4N2O4. The second kappa shape index (κ2) is 6.14. The maximum Gasteiger partial charge on any atom is 0.419 e. The predicted molar refractivity (Wildman–Crippen MR) is 78.8 cm³/mol. The van der Waals surface area contributed by atoms with E-state index >= 15 is 0 Å². The number of hydrogen-bond acceptors (Lipinski definition) is 5. The Morgan fingerprint density at radius 1 is 1.12 bits per heavy atom. The number of hydrogen-bond donors (Lipinski definition) is 2. The van der Waals surface area contributed by atoms with Gasteiger partial charge in [-0.3, -0.25) is 0 Å². The Hall–Kier alpha value is -3.43. The summed E-state index contributed by atoms with van der Waals surface area (Å²) in [5.74, 6) is -4.11. The highest BCUT2D eigenvalue weighted by molar-refractivity contribution is 5.90. The van der Waals surface area contributed by atoms with Crippen LogP contribution in [0.25, 0.3) is 22.8 Å². The van der Waals surface area contributed by atoms with Gasteiger partial charge in [0.05, 0.1) is 22.3 Å². The summed E-state index contributed by atoms with van der Waals surface area (Å²) in [5.41, 5.74) is -2.39. The molecule has 26 heavy (non-hydrogen) atoms. The van der Waals surface area contributed by atoms with Crippen molar-refractivity contribution in [1.82, 2.24) is 10.1 Å². The predicted octanol–water partition coefficient (Wildman–Crippen LogP) is 3.97. The van der Waals surface area contributed by atoms with Crippen LogP contribution in [0.3, 0.4) is 0 Å². The first kappa shape index (κ1) is 17.4. The lowest BCUT2D eigenvalue weighted by Crippen LogP contribution is -2.08. The topological polar surface area (TPSA) is 96.5 Å². The highest BCUT2D eigenvalue weighted by atomic mass is 19.4. The lowest BCUT2D eigenvalue weighted by Gasteiger charge is -2.08. The third kappa shape index (κ3) is 3.08. The normalized spacial score (nSPS) is 11.5. The van der Waals surface area contributed by atoms with Crippen molar-refractivity contribution < 1.29 is 37.1 Å². The number of aromatic hydroxyl groups is 1. The van der Waals surface area contributed by atoms with Crippen molar-refractivity contribution in [2.45, 2.75) is 6.18 Å². The molecule has 0 radical (unpaired) electrons.